The molecular formula is C21H18FN3O4. The monoisotopic (exact) mass is 395 g/mol. The zero-order chi connectivity index (χ0) is 20.7. The minimum atomic E-state index is -0.709. The van der Waals surface area contributed by atoms with Crippen LogP contribution in [0.15, 0.2) is 62.5 Å². The van der Waals surface area contributed by atoms with Gasteiger partial charge in [-0.3, -0.25) is 14.2 Å². The second-order valence-corrected chi connectivity index (χ2v) is 6.98. The molecule has 7 nitrogen and oxygen atoms in total. The van der Waals surface area contributed by atoms with Gasteiger partial charge in [-0.05, 0) is 50.2 Å². The third-order valence-corrected chi connectivity index (χ3v) is 4.49. The maximum atomic E-state index is 13.3. The molecule has 0 saturated heterocycles. The molecule has 1 N–H and O–H groups in total. The number of halogens is 1. The first-order valence-corrected chi connectivity index (χ1v) is 9.09. The number of hydrogen-bond acceptors (Lipinski definition) is 4. The molecule has 0 atom stereocenters. The number of amides is 1. The molecule has 2 aromatic heterocycles. The van der Waals surface area contributed by atoms with Gasteiger partial charge in [-0.1, -0.05) is 12.1 Å². The molecule has 148 valence electrons. The Morgan fingerprint density at radius 1 is 1.10 bits per heavy atom. The summed E-state index contributed by atoms with van der Waals surface area (Å²) in [7, 11) is 0. The van der Waals surface area contributed by atoms with Gasteiger partial charge in [-0.25, -0.2) is 13.8 Å². The molecule has 4 rings (SSSR count). The van der Waals surface area contributed by atoms with Gasteiger partial charge >= 0.3 is 11.2 Å². The Hall–Kier alpha value is -3.68. The highest BCUT2D eigenvalue weighted by molar-refractivity contribution is 6.02. The molecule has 4 aromatic rings. The smallest absolute Gasteiger partial charge is 0.336 e. The van der Waals surface area contributed by atoms with Crippen molar-refractivity contribution in [3.63, 3.8) is 0 Å². The number of nitrogens with zero attached hydrogens (tertiary/aromatic N) is 2. The Morgan fingerprint density at radius 2 is 1.79 bits per heavy atom. The summed E-state index contributed by atoms with van der Waals surface area (Å²) in [6.07, 6.45) is 0. The van der Waals surface area contributed by atoms with Crippen molar-refractivity contribution in [3.05, 3.63) is 75.2 Å². The summed E-state index contributed by atoms with van der Waals surface area (Å²) in [5.41, 5.74) is -0.566. The van der Waals surface area contributed by atoms with Crippen LogP contribution in [0, 0.1) is 5.82 Å². The van der Waals surface area contributed by atoms with Gasteiger partial charge in [-0.2, -0.15) is 0 Å². The van der Waals surface area contributed by atoms with Crippen molar-refractivity contribution in [2.24, 2.45) is 0 Å². The third kappa shape index (κ3) is 3.22. The van der Waals surface area contributed by atoms with Crippen LogP contribution < -0.4 is 16.6 Å². The van der Waals surface area contributed by atoms with E-state index in [1.807, 2.05) is 13.8 Å². The predicted molar refractivity (Wildman–Crippen MR) is 107 cm³/mol. The lowest BCUT2D eigenvalue weighted by Crippen LogP contribution is -2.42. The van der Waals surface area contributed by atoms with Crippen LogP contribution >= 0.6 is 0 Å². The number of nitrogens with one attached hydrogen (secondary N) is 1. The van der Waals surface area contributed by atoms with Gasteiger partial charge in [-0.15, -0.1) is 0 Å². The summed E-state index contributed by atoms with van der Waals surface area (Å²) in [5.74, 6) is -0.874. The second kappa shape index (κ2) is 7.05. The van der Waals surface area contributed by atoms with Crippen LogP contribution in [0.3, 0.4) is 0 Å². The van der Waals surface area contributed by atoms with Crippen LogP contribution in [0.25, 0.3) is 27.8 Å². The van der Waals surface area contributed by atoms with Crippen LogP contribution in [-0.4, -0.2) is 21.1 Å². The molecule has 1 amide bonds. The van der Waals surface area contributed by atoms with Crippen LogP contribution in [0.5, 0.6) is 0 Å². The van der Waals surface area contributed by atoms with Gasteiger partial charge in [0.1, 0.15) is 23.5 Å². The summed E-state index contributed by atoms with van der Waals surface area (Å²) < 4.78 is 21.1. The summed E-state index contributed by atoms with van der Waals surface area (Å²) in [6, 6.07) is 11.7. The van der Waals surface area contributed by atoms with Gasteiger partial charge < -0.3 is 9.73 Å². The van der Waals surface area contributed by atoms with Gasteiger partial charge in [0, 0.05) is 11.4 Å². The number of para-hydroxylation sites is 1. The minimum Gasteiger partial charge on any atom is -0.449 e. The number of fused-ring (bicyclic) bond motifs is 3. The fourth-order valence-electron chi connectivity index (χ4n) is 3.33. The van der Waals surface area contributed by atoms with Gasteiger partial charge in [0.2, 0.25) is 11.5 Å². The number of rotatable bonds is 4. The Kier molecular flexibility index (Phi) is 4.54. The zero-order valence-corrected chi connectivity index (χ0v) is 15.8. The SMILES string of the molecule is CC(C)NC(=O)Cn1c(=O)n(-c2ccc(F)cc2)c(=O)c2oc3ccccc3c21. The molecule has 29 heavy (non-hydrogen) atoms. The highest BCUT2D eigenvalue weighted by atomic mass is 19.1. The number of hydrogen-bond donors (Lipinski definition) is 1. The maximum absolute atomic E-state index is 13.3. The van der Waals surface area contributed by atoms with E-state index < -0.39 is 17.1 Å². The molecule has 2 aromatic carbocycles. The first kappa shape index (κ1) is 18.7. The van der Waals surface area contributed by atoms with Gasteiger partial charge in [0.05, 0.1) is 5.69 Å². The van der Waals surface area contributed by atoms with Crippen LogP contribution in [0.2, 0.25) is 0 Å². The number of furan rings is 1. The second-order valence-electron chi connectivity index (χ2n) is 6.98. The molecule has 0 saturated carbocycles. The zero-order valence-electron chi connectivity index (χ0n) is 15.8. The Balaban J connectivity index is 2.06. The van der Waals surface area contributed by atoms with Crippen molar-refractivity contribution >= 4 is 28.0 Å². The molecule has 0 radical (unpaired) electrons. The lowest BCUT2D eigenvalue weighted by atomic mass is 10.2. The quantitative estimate of drug-likeness (QED) is 0.575. The van der Waals surface area contributed by atoms with E-state index in [0.29, 0.717) is 11.0 Å². The summed E-state index contributed by atoms with van der Waals surface area (Å²) in [5, 5.41) is 3.29. The minimum absolute atomic E-state index is 0.0486. The molecule has 0 aliphatic rings. The fraction of sp³-hybridized carbons (Fsp3) is 0.190. The van der Waals surface area contributed by atoms with Crippen molar-refractivity contribution in [3.8, 4) is 5.69 Å². The molecule has 2 heterocycles. The topological polar surface area (TPSA) is 86.2 Å². The third-order valence-electron chi connectivity index (χ3n) is 4.49. The molecule has 8 heteroatoms. The maximum Gasteiger partial charge on any atom is 0.336 e. The van der Waals surface area contributed by atoms with E-state index in [1.165, 1.54) is 16.7 Å². The lowest BCUT2D eigenvalue weighted by Gasteiger charge is -2.13. The lowest BCUT2D eigenvalue weighted by molar-refractivity contribution is -0.122. The molecule has 0 bridgehead atoms. The normalized spacial score (nSPS) is 11.4. The standard InChI is InChI=1S/C21H18FN3O4/c1-12(2)23-17(26)11-24-18-15-5-3-4-6-16(15)29-19(18)20(27)25(21(24)28)14-9-7-13(22)8-10-14/h3-10,12H,11H2,1-2H3,(H,23,26). The van der Waals surface area contributed by atoms with Crippen molar-refractivity contribution in [2.45, 2.75) is 26.4 Å². The average Bonchev–Trinajstić information content (AvgIpc) is 3.06. The number of aromatic nitrogens is 2. The number of benzene rings is 2. The van der Waals surface area contributed by atoms with E-state index in [0.717, 1.165) is 16.7 Å². The van der Waals surface area contributed by atoms with Crippen molar-refractivity contribution in [1.29, 1.82) is 0 Å². The molecule has 0 aliphatic carbocycles. The largest absolute Gasteiger partial charge is 0.449 e. The highest BCUT2D eigenvalue weighted by Gasteiger charge is 2.22. The van der Waals surface area contributed by atoms with Crippen molar-refractivity contribution in [1.82, 2.24) is 14.5 Å². The fourth-order valence-corrected chi connectivity index (χ4v) is 3.33. The Labute approximate surface area is 164 Å². The van der Waals surface area contributed by atoms with Gasteiger partial charge in [0.15, 0.2) is 0 Å². The Bertz CT molecular complexity index is 1350. The molecule has 0 unspecified atom stereocenters. The number of carbonyl (C=O) groups excluding carboxylic acids is 1. The number of carbonyl (C=O) groups is 1. The molecule has 0 aliphatic heterocycles. The van der Waals surface area contributed by atoms with E-state index in [1.54, 1.807) is 24.3 Å². The van der Waals surface area contributed by atoms with E-state index in [2.05, 4.69) is 5.32 Å². The van der Waals surface area contributed by atoms with Crippen LogP contribution in [0.4, 0.5) is 4.39 Å². The Morgan fingerprint density at radius 3 is 2.48 bits per heavy atom. The van der Waals surface area contributed by atoms with E-state index in [4.69, 9.17) is 4.42 Å². The van der Waals surface area contributed by atoms with E-state index in [9.17, 15) is 18.8 Å². The molecular weight excluding hydrogens is 377 g/mol. The molecule has 0 fully saturated rings. The van der Waals surface area contributed by atoms with E-state index in [-0.39, 0.29) is 35.3 Å². The van der Waals surface area contributed by atoms with Crippen LogP contribution in [-0.2, 0) is 11.3 Å². The van der Waals surface area contributed by atoms with E-state index >= 15 is 0 Å². The highest BCUT2D eigenvalue weighted by Crippen LogP contribution is 2.25. The summed E-state index contributed by atoms with van der Waals surface area (Å²) in [6.45, 7) is 3.32. The summed E-state index contributed by atoms with van der Waals surface area (Å²) in [4.78, 5) is 38.8. The van der Waals surface area contributed by atoms with Gasteiger partial charge in [0.25, 0.3) is 0 Å². The molecule has 0 spiro atoms. The first-order chi connectivity index (χ1) is 13.9. The first-order valence-electron chi connectivity index (χ1n) is 9.09. The van der Waals surface area contributed by atoms with Crippen molar-refractivity contribution < 1.29 is 13.6 Å². The van der Waals surface area contributed by atoms with Crippen molar-refractivity contribution in [2.75, 3.05) is 0 Å². The average molecular weight is 395 g/mol. The van der Waals surface area contributed by atoms with Crippen LogP contribution in [0.1, 0.15) is 13.8 Å². The predicted octanol–water partition coefficient (Wildman–Crippen LogP) is 2.56. The summed E-state index contributed by atoms with van der Waals surface area (Å²) >= 11 is 0.